The monoisotopic (exact) mass is 279 g/mol. The van der Waals surface area contributed by atoms with Crippen molar-refractivity contribution in [2.45, 2.75) is 0 Å². The molecule has 0 fully saturated rings. The van der Waals surface area contributed by atoms with Gasteiger partial charge in [0.05, 0.1) is 29.2 Å². The molecule has 1 aliphatic rings. The van der Waals surface area contributed by atoms with Crippen molar-refractivity contribution in [1.82, 2.24) is 14.5 Å². The molecule has 0 saturated carbocycles. The molecule has 4 heterocycles. The van der Waals surface area contributed by atoms with E-state index in [2.05, 4.69) is 9.97 Å². The molecule has 0 spiro atoms. The van der Waals surface area contributed by atoms with Gasteiger partial charge < -0.3 is 18.5 Å². The van der Waals surface area contributed by atoms with Gasteiger partial charge in [-0.15, -0.1) is 0 Å². The molecule has 6 heteroatoms. The van der Waals surface area contributed by atoms with E-state index in [1.165, 1.54) is 0 Å². The fourth-order valence-electron chi connectivity index (χ4n) is 2.71. The second kappa shape index (κ2) is 3.76. The van der Waals surface area contributed by atoms with Gasteiger partial charge in [0, 0.05) is 23.8 Å². The Morgan fingerprint density at radius 2 is 2.00 bits per heavy atom. The van der Waals surface area contributed by atoms with Crippen LogP contribution in [0.15, 0.2) is 47.6 Å². The summed E-state index contributed by atoms with van der Waals surface area (Å²) in [5.74, 6) is 1.44. The lowest BCUT2D eigenvalue weighted by atomic mass is 10.1. The lowest BCUT2D eigenvalue weighted by molar-refractivity contribution is 0.174. The highest BCUT2D eigenvalue weighted by atomic mass is 16.7. The van der Waals surface area contributed by atoms with E-state index in [0.29, 0.717) is 11.5 Å². The van der Waals surface area contributed by atoms with Crippen molar-refractivity contribution >= 4 is 22.0 Å². The van der Waals surface area contributed by atoms with Crippen molar-refractivity contribution in [1.29, 1.82) is 0 Å². The standard InChI is InChI=1S/C15H9N3O3/c1-4-19-15-9(1)14(18-3-2-16-7-18)10-5-12-13(21-8-20-12)6-11(10)17-15/h1-7H,8H2. The van der Waals surface area contributed by atoms with Crippen molar-refractivity contribution in [3.05, 3.63) is 43.2 Å². The van der Waals surface area contributed by atoms with E-state index in [-0.39, 0.29) is 6.79 Å². The van der Waals surface area contributed by atoms with Gasteiger partial charge in [0.1, 0.15) is 0 Å². The molecule has 6 nitrogen and oxygen atoms in total. The van der Waals surface area contributed by atoms with Crippen LogP contribution >= 0.6 is 0 Å². The average molecular weight is 279 g/mol. The predicted molar refractivity (Wildman–Crippen MR) is 74.8 cm³/mol. The number of pyridine rings is 1. The summed E-state index contributed by atoms with van der Waals surface area (Å²) in [7, 11) is 0. The summed E-state index contributed by atoms with van der Waals surface area (Å²) in [5.41, 5.74) is 2.36. The number of fused-ring (bicyclic) bond motifs is 3. The zero-order valence-electron chi connectivity index (χ0n) is 10.8. The fraction of sp³-hybridized carbons (Fsp3) is 0.0667. The summed E-state index contributed by atoms with van der Waals surface area (Å²) in [5, 5.41) is 1.89. The van der Waals surface area contributed by atoms with Gasteiger partial charge in [-0.05, 0) is 12.1 Å². The Morgan fingerprint density at radius 1 is 1.10 bits per heavy atom. The molecular weight excluding hydrogens is 270 g/mol. The molecular formula is C15H9N3O3. The number of benzene rings is 1. The van der Waals surface area contributed by atoms with E-state index in [4.69, 9.17) is 13.9 Å². The van der Waals surface area contributed by atoms with Crippen molar-refractivity contribution in [2.24, 2.45) is 0 Å². The van der Waals surface area contributed by atoms with E-state index in [1.54, 1.807) is 18.8 Å². The van der Waals surface area contributed by atoms with E-state index >= 15 is 0 Å². The molecule has 0 radical (unpaired) electrons. The maximum absolute atomic E-state index is 5.47. The van der Waals surface area contributed by atoms with Gasteiger partial charge in [-0.2, -0.15) is 0 Å². The first kappa shape index (κ1) is 10.7. The summed E-state index contributed by atoms with van der Waals surface area (Å²) in [4.78, 5) is 8.67. The van der Waals surface area contributed by atoms with Crippen LogP contribution in [0, 0.1) is 0 Å². The molecule has 1 aromatic carbocycles. The second-order valence-electron chi connectivity index (χ2n) is 4.79. The summed E-state index contributed by atoms with van der Waals surface area (Å²) in [6.45, 7) is 0.238. The Kier molecular flexibility index (Phi) is 1.92. The van der Waals surface area contributed by atoms with Crippen LogP contribution in [0.4, 0.5) is 0 Å². The van der Waals surface area contributed by atoms with E-state index in [9.17, 15) is 0 Å². The Morgan fingerprint density at radius 3 is 2.86 bits per heavy atom. The molecule has 0 aliphatic carbocycles. The molecule has 0 bridgehead atoms. The summed E-state index contributed by atoms with van der Waals surface area (Å²) < 4.78 is 18.3. The summed E-state index contributed by atoms with van der Waals surface area (Å²) in [6.07, 6.45) is 7.03. The first-order chi connectivity index (χ1) is 10.4. The van der Waals surface area contributed by atoms with Crippen molar-refractivity contribution in [2.75, 3.05) is 6.79 Å². The molecule has 4 aromatic rings. The summed E-state index contributed by atoms with van der Waals surface area (Å²) in [6, 6.07) is 5.73. The third kappa shape index (κ3) is 1.41. The predicted octanol–water partition coefficient (Wildman–Crippen LogP) is 2.90. The first-order valence-corrected chi connectivity index (χ1v) is 6.49. The molecule has 0 atom stereocenters. The van der Waals surface area contributed by atoms with Gasteiger partial charge >= 0.3 is 0 Å². The third-order valence-electron chi connectivity index (χ3n) is 3.63. The van der Waals surface area contributed by atoms with Crippen LogP contribution in [-0.4, -0.2) is 21.3 Å². The van der Waals surface area contributed by atoms with E-state index in [1.807, 2.05) is 29.0 Å². The van der Waals surface area contributed by atoms with Crippen LogP contribution in [0.1, 0.15) is 0 Å². The summed E-state index contributed by atoms with van der Waals surface area (Å²) >= 11 is 0. The third-order valence-corrected chi connectivity index (χ3v) is 3.63. The fourth-order valence-corrected chi connectivity index (χ4v) is 2.71. The van der Waals surface area contributed by atoms with Crippen molar-refractivity contribution < 1.29 is 13.9 Å². The maximum Gasteiger partial charge on any atom is 0.231 e. The highest BCUT2D eigenvalue weighted by molar-refractivity contribution is 6.02. The van der Waals surface area contributed by atoms with E-state index in [0.717, 1.165) is 27.7 Å². The molecule has 3 aromatic heterocycles. The van der Waals surface area contributed by atoms with Gasteiger partial charge in [0.2, 0.25) is 12.5 Å². The minimum absolute atomic E-state index is 0.238. The highest BCUT2D eigenvalue weighted by Gasteiger charge is 2.19. The first-order valence-electron chi connectivity index (χ1n) is 6.49. The van der Waals surface area contributed by atoms with Crippen LogP contribution in [0.2, 0.25) is 0 Å². The van der Waals surface area contributed by atoms with Gasteiger partial charge in [-0.1, -0.05) is 0 Å². The van der Waals surface area contributed by atoms with Gasteiger partial charge in [-0.25, -0.2) is 9.97 Å². The second-order valence-corrected chi connectivity index (χ2v) is 4.79. The van der Waals surface area contributed by atoms with Gasteiger partial charge in [0.25, 0.3) is 0 Å². The lowest BCUT2D eigenvalue weighted by Crippen LogP contribution is -1.95. The largest absolute Gasteiger partial charge is 0.454 e. The molecule has 102 valence electrons. The molecule has 0 saturated heterocycles. The zero-order valence-corrected chi connectivity index (χ0v) is 10.8. The number of hydrogen-bond acceptors (Lipinski definition) is 5. The van der Waals surface area contributed by atoms with Crippen LogP contribution in [0.25, 0.3) is 27.7 Å². The van der Waals surface area contributed by atoms with Crippen molar-refractivity contribution in [3.8, 4) is 17.2 Å². The molecule has 1 aliphatic heterocycles. The van der Waals surface area contributed by atoms with Crippen LogP contribution in [-0.2, 0) is 0 Å². The Bertz CT molecular complexity index is 973. The number of imidazole rings is 1. The molecule has 21 heavy (non-hydrogen) atoms. The Labute approximate surface area is 118 Å². The normalized spacial score (nSPS) is 13.3. The average Bonchev–Trinajstić information content (AvgIpc) is 3.22. The quantitative estimate of drug-likeness (QED) is 0.536. The Hall–Kier alpha value is -3.02. The van der Waals surface area contributed by atoms with Crippen LogP contribution in [0.3, 0.4) is 0 Å². The number of furan rings is 1. The zero-order chi connectivity index (χ0) is 13.8. The molecule has 0 amide bonds. The smallest absolute Gasteiger partial charge is 0.231 e. The number of rotatable bonds is 1. The number of ether oxygens (including phenoxy) is 2. The minimum atomic E-state index is 0.238. The molecule has 0 unspecified atom stereocenters. The maximum atomic E-state index is 5.47. The van der Waals surface area contributed by atoms with Crippen molar-refractivity contribution in [3.63, 3.8) is 0 Å². The molecule has 5 rings (SSSR count). The van der Waals surface area contributed by atoms with Crippen LogP contribution < -0.4 is 9.47 Å². The number of hydrogen-bond donors (Lipinski definition) is 0. The molecule has 0 N–H and O–H groups in total. The lowest BCUT2D eigenvalue weighted by Gasteiger charge is -2.09. The van der Waals surface area contributed by atoms with Gasteiger partial charge in [0.15, 0.2) is 11.5 Å². The van der Waals surface area contributed by atoms with E-state index < -0.39 is 0 Å². The SMILES string of the molecule is c1cn(-c2c3cc4c(cc3nc3occc23)OCO4)cn1. The minimum Gasteiger partial charge on any atom is -0.454 e. The van der Waals surface area contributed by atoms with Gasteiger partial charge in [-0.3, -0.25) is 0 Å². The highest BCUT2D eigenvalue weighted by Crippen LogP contribution is 2.39. The topological polar surface area (TPSA) is 62.3 Å². The Balaban J connectivity index is 1.98. The van der Waals surface area contributed by atoms with Crippen LogP contribution in [0.5, 0.6) is 11.5 Å². The number of nitrogens with zero attached hydrogens (tertiary/aromatic N) is 3. The number of aromatic nitrogens is 3.